The number of halogens is 2. The van der Waals surface area contributed by atoms with Crippen LogP contribution in [0.3, 0.4) is 0 Å². The molecular formula is C7H15Cl2N3. The lowest BCUT2D eigenvalue weighted by Crippen LogP contribution is -2.11. The molecule has 0 bridgehead atoms. The molecule has 0 saturated heterocycles. The Kier molecular flexibility index (Phi) is 8.81. The van der Waals surface area contributed by atoms with E-state index >= 15 is 0 Å². The lowest BCUT2D eigenvalue weighted by atomic mass is 10.5. The molecule has 1 heterocycles. The summed E-state index contributed by atoms with van der Waals surface area (Å²) in [5, 5.41) is 3.06. The summed E-state index contributed by atoms with van der Waals surface area (Å²) in [6, 6.07) is 0. The Labute approximate surface area is 85.4 Å². The van der Waals surface area contributed by atoms with Crippen molar-refractivity contribution >= 4 is 24.8 Å². The van der Waals surface area contributed by atoms with Crippen molar-refractivity contribution < 1.29 is 0 Å². The van der Waals surface area contributed by atoms with Crippen LogP contribution in [0, 0.1) is 0 Å². The van der Waals surface area contributed by atoms with Gasteiger partial charge in [-0.1, -0.05) is 0 Å². The van der Waals surface area contributed by atoms with Crippen LogP contribution in [-0.2, 0) is 13.1 Å². The third-order valence-electron chi connectivity index (χ3n) is 1.48. The van der Waals surface area contributed by atoms with Gasteiger partial charge >= 0.3 is 0 Å². The fourth-order valence-corrected chi connectivity index (χ4v) is 0.953. The van der Waals surface area contributed by atoms with Crippen LogP contribution in [0.5, 0.6) is 0 Å². The van der Waals surface area contributed by atoms with Gasteiger partial charge in [0, 0.05) is 18.9 Å². The van der Waals surface area contributed by atoms with Gasteiger partial charge in [0.25, 0.3) is 0 Å². The summed E-state index contributed by atoms with van der Waals surface area (Å²) in [5.74, 6) is 1.10. The lowest BCUT2D eigenvalue weighted by molar-refractivity contribution is 0.657. The Hall–Kier alpha value is -0.250. The number of rotatable bonds is 3. The number of nitrogens with zero attached hydrogens (tertiary/aromatic N) is 2. The number of aromatic nitrogens is 2. The highest BCUT2D eigenvalue weighted by molar-refractivity contribution is 5.85. The lowest BCUT2D eigenvalue weighted by Gasteiger charge is -2.01. The number of imidazole rings is 1. The summed E-state index contributed by atoms with van der Waals surface area (Å²) in [5.41, 5.74) is 0. The average Bonchev–Trinajstić information content (AvgIpc) is 2.36. The average molecular weight is 212 g/mol. The van der Waals surface area contributed by atoms with Crippen molar-refractivity contribution in [3.8, 4) is 0 Å². The van der Waals surface area contributed by atoms with E-state index in [1.807, 2.05) is 19.4 Å². The Morgan fingerprint density at radius 2 is 2.17 bits per heavy atom. The molecule has 0 atom stereocenters. The highest BCUT2D eigenvalue weighted by Crippen LogP contribution is 1.95. The first-order valence-corrected chi connectivity index (χ1v) is 3.53. The molecule has 0 saturated carbocycles. The van der Waals surface area contributed by atoms with Gasteiger partial charge in [0.2, 0.25) is 0 Å². The zero-order chi connectivity index (χ0) is 7.40. The van der Waals surface area contributed by atoms with E-state index in [0.717, 1.165) is 18.9 Å². The van der Waals surface area contributed by atoms with Crippen molar-refractivity contribution in [3.05, 3.63) is 18.2 Å². The summed E-state index contributed by atoms with van der Waals surface area (Å²) in [4.78, 5) is 4.18. The summed E-state index contributed by atoms with van der Waals surface area (Å²) in [6.07, 6.45) is 3.82. The summed E-state index contributed by atoms with van der Waals surface area (Å²) >= 11 is 0. The largest absolute Gasteiger partial charge is 0.334 e. The van der Waals surface area contributed by atoms with Crippen LogP contribution in [0.1, 0.15) is 12.7 Å². The Morgan fingerprint density at radius 1 is 1.50 bits per heavy atom. The molecule has 0 aliphatic rings. The minimum absolute atomic E-state index is 0. The molecule has 0 spiro atoms. The molecule has 1 aromatic heterocycles. The van der Waals surface area contributed by atoms with E-state index in [4.69, 9.17) is 0 Å². The summed E-state index contributed by atoms with van der Waals surface area (Å²) < 4.78 is 2.12. The fraction of sp³-hybridized carbons (Fsp3) is 0.571. The maximum atomic E-state index is 4.18. The summed E-state index contributed by atoms with van der Waals surface area (Å²) in [7, 11) is 1.93. The third-order valence-corrected chi connectivity index (χ3v) is 1.48. The van der Waals surface area contributed by atoms with Gasteiger partial charge in [-0.15, -0.1) is 24.8 Å². The molecule has 3 nitrogen and oxygen atoms in total. The van der Waals surface area contributed by atoms with E-state index < -0.39 is 0 Å². The van der Waals surface area contributed by atoms with E-state index in [9.17, 15) is 0 Å². The first kappa shape index (κ1) is 14.3. The van der Waals surface area contributed by atoms with E-state index in [1.54, 1.807) is 0 Å². The van der Waals surface area contributed by atoms with Crippen LogP contribution < -0.4 is 5.32 Å². The first-order chi connectivity index (χ1) is 4.88. The number of aryl methyl sites for hydroxylation is 1. The van der Waals surface area contributed by atoms with E-state index in [2.05, 4.69) is 21.8 Å². The molecule has 0 fully saturated rings. The van der Waals surface area contributed by atoms with Crippen LogP contribution in [0.25, 0.3) is 0 Å². The van der Waals surface area contributed by atoms with Crippen LogP contribution >= 0.6 is 24.8 Å². The minimum atomic E-state index is 0. The normalized spacial score (nSPS) is 8.50. The molecule has 0 aromatic carbocycles. The Morgan fingerprint density at radius 3 is 2.67 bits per heavy atom. The van der Waals surface area contributed by atoms with E-state index in [0.29, 0.717) is 0 Å². The van der Waals surface area contributed by atoms with Crippen LogP contribution in [0.4, 0.5) is 0 Å². The molecule has 1 N–H and O–H groups in total. The van der Waals surface area contributed by atoms with Gasteiger partial charge in [-0.05, 0) is 14.0 Å². The van der Waals surface area contributed by atoms with Crippen molar-refractivity contribution in [2.75, 3.05) is 7.05 Å². The van der Waals surface area contributed by atoms with Crippen LogP contribution in [0.15, 0.2) is 12.4 Å². The van der Waals surface area contributed by atoms with Crippen molar-refractivity contribution in [1.82, 2.24) is 14.9 Å². The molecule has 72 valence electrons. The minimum Gasteiger partial charge on any atom is -0.334 e. The Balaban J connectivity index is 0. The first-order valence-electron chi connectivity index (χ1n) is 3.53. The molecule has 12 heavy (non-hydrogen) atoms. The molecule has 1 aromatic rings. The monoisotopic (exact) mass is 211 g/mol. The van der Waals surface area contributed by atoms with Crippen molar-refractivity contribution in [3.63, 3.8) is 0 Å². The standard InChI is InChI=1S/C7H13N3.2ClH/c1-3-10-5-4-9-7(10)6-8-2;;/h4-5,8H,3,6H2,1-2H3;2*1H. The molecular weight excluding hydrogens is 197 g/mol. The highest BCUT2D eigenvalue weighted by atomic mass is 35.5. The number of hydrogen-bond acceptors (Lipinski definition) is 2. The van der Waals surface area contributed by atoms with Crippen LogP contribution in [-0.4, -0.2) is 16.6 Å². The quantitative estimate of drug-likeness (QED) is 0.822. The highest BCUT2D eigenvalue weighted by Gasteiger charge is 1.96. The molecule has 0 aliphatic carbocycles. The molecule has 0 unspecified atom stereocenters. The van der Waals surface area contributed by atoms with Gasteiger partial charge in [0.1, 0.15) is 5.82 Å². The van der Waals surface area contributed by atoms with E-state index in [-0.39, 0.29) is 24.8 Å². The van der Waals surface area contributed by atoms with Crippen molar-refractivity contribution in [2.24, 2.45) is 0 Å². The molecule has 0 aliphatic heterocycles. The second kappa shape index (κ2) is 7.40. The van der Waals surface area contributed by atoms with Gasteiger partial charge in [-0.3, -0.25) is 0 Å². The topological polar surface area (TPSA) is 29.9 Å². The smallest absolute Gasteiger partial charge is 0.122 e. The van der Waals surface area contributed by atoms with Gasteiger partial charge in [-0.25, -0.2) is 4.98 Å². The summed E-state index contributed by atoms with van der Waals surface area (Å²) in [6.45, 7) is 3.96. The number of hydrogen-bond donors (Lipinski definition) is 1. The predicted molar refractivity (Wildman–Crippen MR) is 55.2 cm³/mol. The maximum absolute atomic E-state index is 4.18. The van der Waals surface area contributed by atoms with Gasteiger partial charge in [0.15, 0.2) is 0 Å². The second-order valence-electron chi connectivity index (χ2n) is 2.16. The maximum Gasteiger partial charge on any atom is 0.122 e. The second-order valence-corrected chi connectivity index (χ2v) is 2.16. The Bertz CT molecular complexity index is 200. The van der Waals surface area contributed by atoms with Crippen molar-refractivity contribution in [1.29, 1.82) is 0 Å². The van der Waals surface area contributed by atoms with E-state index in [1.165, 1.54) is 0 Å². The molecule has 0 radical (unpaired) electrons. The van der Waals surface area contributed by atoms with Gasteiger partial charge < -0.3 is 9.88 Å². The van der Waals surface area contributed by atoms with Gasteiger partial charge in [0.05, 0.1) is 6.54 Å². The molecule has 1 rings (SSSR count). The fourth-order valence-electron chi connectivity index (χ4n) is 0.953. The predicted octanol–water partition coefficient (Wildman–Crippen LogP) is 1.47. The van der Waals surface area contributed by atoms with Crippen LogP contribution in [0.2, 0.25) is 0 Å². The number of nitrogens with one attached hydrogen (secondary N) is 1. The zero-order valence-corrected chi connectivity index (χ0v) is 8.91. The molecule has 5 heteroatoms. The zero-order valence-electron chi connectivity index (χ0n) is 7.28. The van der Waals surface area contributed by atoms with Crippen molar-refractivity contribution in [2.45, 2.75) is 20.0 Å². The van der Waals surface area contributed by atoms with Gasteiger partial charge in [-0.2, -0.15) is 0 Å². The molecule has 0 amide bonds. The SMILES string of the molecule is CCn1ccnc1CNC.Cl.Cl. The third kappa shape index (κ3) is 3.43.